The quantitative estimate of drug-likeness (QED) is 0.336. The molecule has 0 saturated carbocycles. The first kappa shape index (κ1) is 7.64. The molecule has 0 radical (unpaired) electrons. The van der Waals surface area contributed by atoms with Gasteiger partial charge in [-0.25, -0.2) is 0 Å². The number of rotatable bonds is 0. The van der Waals surface area contributed by atoms with Crippen molar-refractivity contribution in [2.24, 2.45) is 0 Å². The van der Waals surface area contributed by atoms with Gasteiger partial charge in [-0.2, -0.15) is 0 Å². The van der Waals surface area contributed by atoms with Crippen molar-refractivity contribution in [1.29, 1.82) is 0 Å². The SMILES string of the molecule is C1Cc2c1c1c2c2c1c1c2c2c3c4c5c(c4c3c12)CC5. The third-order valence-electron chi connectivity index (χ3n) is 7.19. The van der Waals surface area contributed by atoms with Crippen LogP contribution in [0.5, 0.6) is 0 Å². The fourth-order valence-electron chi connectivity index (χ4n) is 6.12. The molecule has 0 N–H and O–H groups in total. The molecule has 0 unspecified atom stereocenters. The molecule has 0 bridgehead atoms. The molecule has 88 valence electrons. The van der Waals surface area contributed by atoms with Crippen molar-refractivity contribution >= 4 is 64.6 Å². The largest absolute Gasteiger partial charge is 0.0353 e. The molecule has 9 rings (SSSR count). The number of hydrogen-bond acceptors (Lipinski definition) is 0. The minimum Gasteiger partial charge on any atom is -0.0353 e. The summed E-state index contributed by atoms with van der Waals surface area (Å²) in [4.78, 5) is 0. The lowest BCUT2D eigenvalue weighted by Gasteiger charge is -2.43. The number of fused-ring (bicyclic) bond motifs is 22. The molecule has 0 atom stereocenters. The van der Waals surface area contributed by atoms with Crippen molar-refractivity contribution in [3.8, 4) is 0 Å². The van der Waals surface area contributed by atoms with Gasteiger partial charge < -0.3 is 0 Å². The van der Waals surface area contributed by atoms with Crippen LogP contribution in [-0.4, -0.2) is 0 Å². The second kappa shape index (κ2) is 1.72. The van der Waals surface area contributed by atoms with Crippen LogP contribution in [-0.2, 0) is 25.7 Å². The summed E-state index contributed by atoms with van der Waals surface area (Å²) in [6, 6.07) is 0. The molecule has 0 heteroatoms. The third kappa shape index (κ3) is 0.385. The lowest BCUT2D eigenvalue weighted by Crippen LogP contribution is -2.21. The van der Waals surface area contributed by atoms with Crippen molar-refractivity contribution in [2.75, 3.05) is 0 Å². The summed E-state index contributed by atoms with van der Waals surface area (Å²) in [5.41, 5.74) is 6.92. The van der Waals surface area contributed by atoms with E-state index >= 15 is 0 Å². The van der Waals surface area contributed by atoms with Crippen LogP contribution in [0.2, 0.25) is 0 Å². The van der Waals surface area contributed by atoms with E-state index in [1.807, 2.05) is 0 Å². The fourth-order valence-corrected chi connectivity index (χ4v) is 6.12. The maximum absolute atomic E-state index is 1.73. The third-order valence-corrected chi connectivity index (χ3v) is 7.19. The predicted octanol–water partition coefficient (Wildman–Crippen LogP) is 4.87. The van der Waals surface area contributed by atoms with Crippen LogP contribution in [0.3, 0.4) is 0 Å². The average molecular weight is 248 g/mol. The smallest absolute Gasteiger partial charge is 0.0000131 e. The van der Waals surface area contributed by atoms with E-state index in [2.05, 4.69) is 0 Å². The van der Waals surface area contributed by atoms with E-state index in [0.717, 1.165) is 0 Å². The molecule has 0 heterocycles. The maximum atomic E-state index is 1.73. The molecule has 0 nitrogen and oxygen atoms in total. The standard InChI is InChI=1S/C20H8/c1-2-6-5(1)9-10(6)14-13(9)17-18(14)20-16-12-8-4-3-7(8)11(12)15(16)19(17)20/h1-4H2. The zero-order chi connectivity index (χ0) is 12.1. The van der Waals surface area contributed by atoms with E-state index in [9.17, 15) is 0 Å². The van der Waals surface area contributed by atoms with Crippen LogP contribution in [0.1, 0.15) is 22.3 Å². The summed E-state index contributed by atoms with van der Waals surface area (Å²) >= 11 is 0. The number of benzene rings is 6. The van der Waals surface area contributed by atoms with Crippen molar-refractivity contribution in [3.05, 3.63) is 22.3 Å². The minimum atomic E-state index is 1.36. The summed E-state index contributed by atoms with van der Waals surface area (Å²) in [6.07, 6.45) is 5.44. The van der Waals surface area contributed by atoms with Gasteiger partial charge in [-0.1, -0.05) is 0 Å². The molecule has 20 heavy (non-hydrogen) atoms. The van der Waals surface area contributed by atoms with Gasteiger partial charge in [0.1, 0.15) is 0 Å². The first-order chi connectivity index (χ1) is 9.97. The molecule has 0 saturated heterocycles. The minimum absolute atomic E-state index is 1.36. The van der Waals surface area contributed by atoms with E-state index < -0.39 is 0 Å². The van der Waals surface area contributed by atoms with Crippen molar-refractivity contribution < 1.29 is 0 Å². The second-order valence-electron chi connectivity index (χ2n) is 7.41. The Labute approximate surface area is 113 Å². The molecule has 0 aromatic heterocycles. The van der Waals surface area contributed by atoms with Crippen LogP contribution < -0.4 is 0 Å². The van der Waals surface area contributed by atoms with Crippen LogP contribution in [0.15, 0.2) is 0 Å². The van der Waals surface area contributed by atoms with Gasteiger partial charge in [0.15, 0.2) is 0 Å². The first-order valence-electron chi connectivity index (χ1n) is 7.91. The maximum Gasteiger partial charge on any atom is -0.0000131 e. The first-order valence-corrected chi connectivity index (χ1v) is 7.91. The van der Waals surface area contributed by atoms with E-state index in [4.69, 9.17) is 0 Å². The molecule has 0 aliphatic heterocycles. The zero-order valence-electron chi connectivity index (χ0n) is 10.8. The van der Waals surface area contributed by atoms with Crippen LogP contribution >= 0.6 is 0 Å². The Kier molecular flexibility index (Phi) is 0.657. The number of hydrogen-bond donors (Lipinski definition) is 0. The van der Waals surface area contributed by atoms with E-state index in [-0.39, 0.29) is 0 Å². The van der Waals surface area contributed by atoms with Gasteiger partial charge in [-0.05, 0) is 113 Å². The molecular formula is C20H8. The highest BCUT2D eigenvalue weighted by Gasteiger charge is 2.43. The topological polar surface area (TPSA) is 0 Å². The predicted molar refractivity (Wildman–Crippen MR) is 84.6 cm³/mol. The van der Waals surface area contributed by atoms with Gasteiger partial charge in [0.2, 0.25) is 0 Å². The molecule has 7 aromatic rings. The molecule has 7 aromatic carbocycles. The van der Waals surface area contributed by atoms with Crippen molar-refractivity contribution in [3.63, 3.8) is 0 Å². The molecule has 2 aliphatic rings. The second-order valence-corrected chi connectivity index (χ2v) is 7.41. The summed E-state index contributed by atoms with van der Waals surface area (Å²) in [5, 5.41) is 20.3. The Balaban J connectivity index is 1.57. The highest BCUT2D eigenvalue weighted by atomic mass is 14.5. The lowest BCUT2D eigenvalue weighted by atomic mass is 9.59. The Hall–Kier alpha value is -2.08. The van der Waals surface area contributed by atoms with Crippen molar-refractivity contribution in [1.82, 2.24) is 0 Å². The molecule has 0 amide bonds. The van der Waals surface area contributed by atoms with E-state index in [0.29, 0.717) is 0 Å². The molecular weight excluding hydrogens is 240 g/mol. The normalized spacial score (nSPS) is 19.2. The monoisotopic (exact) mass is 248 g/mol. The Bertz CT molecular complexity index is 1220. The lowest BCUT2D eigenvalue weighted by molar-refractivity contribution is 0.850. The summed E-state index contributed by atoms with van der Waals surface area (Å²) in [7, 11) is 0. The van der Waals surface area contributed by atoms with Gasteiger partial charge in [-0.3, -0.25) is 0 Å². The van der Waals surface area contributed by atoms with Gasteiger partial charge in [0.05, 0.1) is 0 Å². The van der Waals surface area contributed by atoms with Crippen LogP contribution in [0, 0.1) is 0 Å². The Morgan fingerprint density at radius 1 is 0.250 bits per heavy atom. The zero-order valence-corrected chi connectivity index (χ0v) is 10.8. The summed E-state index contributed by atoms with van der Waals surface area (Å²) in [5.74, 6) is 0. The Morgan fingerprint density at radius 2 is 0.450 bits per heavy atom. The molecule has 0 fully saturated rings. The van der Waals surface area contributed by atoms with Gasteiger partial charge in [0, 0.05) is 0 Å². The van der Waals surface area contributed by atoms with E-state index in [1.54, 1.807) is 86.9 Å². The fraction of sp³-hybridized carbons (Fsp3) is 0.200. The molecule has 0 spiro atoms. The highest BCUT2D eigenvalue weighted by Crippen LogP contribution is 2.69. The van der Waals surface area contributed by atoms with Gasteiger partial charge >= 0.3 is 0 Å². The van der Waals surface area contributed by atoms with Gasteiger partial charge in [-0.15, -0.1) is 0 Å². The van der Waals surface area contributed by atoms with Crippen LogP contribution in [0.4, 0.5) is 0 Å². The summed E-state index contributed by atoms with van der Waals surface area (Å²) < 4.78 is 0. The van der Waals surface area contributed by atoms with E-state index in [1.165, 1.54) is 25.7 Å². The highest BCUT2D eigenvalue weighted by molar-refractivity contribution is 6.69. The Morgan fingerprint density at radius 3 is 0.650 bits per heavy atom. The summed E-state index contributed by atoms with van der Waals surface area (Å²) in [6.45, 7) is 0. The van der Waals surface area contributed by atoms with Crippen molar-refractivity contribution in [2.45, 2.75) is 25.7 Å². The van der Waals surface area contributed by atoms with Gasteiger partial charge in [0.25, 0.3) is 0 Å². The molecule has 2 aliphatic carbocycles. The van der Waals surface area contributed by atoms with Crippen LogP contribution in [0.25, 0.3) is 64.6 Å². The average Bonchev–Trinajstić information content (AvgIpc) is 2.36. The number of aryl methyl sites for hydroxylation is 4.